The fourth-order valence-electron chi connectivity index (χ4n) is 3.28. The Kier molecular flexibility index (Phi) is 4.88. The second-order valence-corrected chi connectivity index (χ2v) is 6.69. The van der Waals surface area contributed by atoms with Crippen molar-refractivity contribution >= 4 is 28.5 Å². The maximum atomic E-state index is 13.0. The van der Waals surface area contributed by atoms with Crippen LogP contribution in [0, 0.1) is 6.92 Å². The van der Waals surface area contributed by atoms with Crippen LogP contribution in [0.1, 0.15) is 21.9 Å². The lowest BCUT2D eigenvalue weighted by molar-refractivity contribution is -0.137. The van der Waals surface area contributed by atoms with E-state index in [1.807, 2.05) is 0 Å². The molecule has 4 aromatic heterocycles. The van der Waals surface area contributed by atoms with E-state index in [2.05, 4.69) is 20.3 Å². The van der Waals surface area contributed by atoms with Gasteiger partial charge < -0.3 is 20.5 Å². The molecule has 4 N–H and O–H groups in total. The van der Waals surface area contributed by atoms with Gasteiger partial charge in [-0.25, -0.2) is 9.97 Å². The minimum atomic E-state index is -1.16. The molecule has 0 fully saturated rings. The van der Waals surface area contributed by atoms with E-state index in [9.17, 15) is 14.4 Å². The highest BCUT2D eigenvalue weighted by Gasteiger charge is 2.28. The second kappa shape index (κ2) is 7.66. The van der Waals surface area contributed by atoms with Gasteiger partial charge in [0, 0.05) is 24.2 Å². The number of furan rings is 1. The molecule has 10 nitrogen and oxygen atoms in total. The zero-order chi connectivity index (χ0) is 21.3. The first-order chi connectivity index (χ1) is 14.5. The number of aromatic amines is 1. The molecular formula is C20H18N6O4. The number of rotatable bonds is 7. The monoisotopic (exact) mass is 406 g/mol. The number of aryl methyl sites for hydroxylation is 1. The minimum Gasteiger partial charge on any atom is -0.470 e. The van der Waals surface area contributed by atoms with Gasteiger partial charge >= 0.3 is 0 Å². The second-order valence-electron chi connectivity index (χ2n) is 6.69. The van der Waals surface area contributed by atoms with Crippen molar-refractivity contribution in [3.05, 3.63) is 66.4 Å². The number of hydrogen-bond donors (Lipinski definition) is 3. The predicted molar refractivity (Wildman–Crippen MR) is 106 cm³/mol. The van der Waals surface area contributed by atoms with E-state index < -0.39 is 23.6 Å². The molecule has 4 rings (SSSR count). The van der Waals surface area contributed by atoms with Crippen molar-refractivity contribution < 1.29 is 18.8 Å². The quantitative estimate of drug-likeness (QED) is 0.391. The number of carbonyl (C=O) groups is 3. The third-order valence-corrected chi connectivity index (χ3v) is 4.75. The van der Waals surface area contributed by atoms with Crippen molar-refractivity contribution in [3.63, 3.8) is 0 Å². The summed E-state index contributed by atoms with van der Waals surface area (Å²) in [6.45, 7) is 1.73. The normalized spacial score (nSPS) is 12.0. The van der Waals surface area contributed by atoms with Gasteiger partial charge in [0.05, 0.1) is 18.0 Å². The number of hydrogen-bond acceptors (Lipinski definition) is 6. The summed E-state index contributed by atoms with van der Waals surface area (Å²) in [5, 5.41) is 3.36. The zero-order valence-electron chi connectivity index (χ0n) is 16.0. The Morgan fingerprint density at radius 3 is 2.83 bits per heavy atom. The summed E-state index contributed by atoms with van der Waals surface area (Å²) < 4.78 is 6.70. The molecule has 10 heteroatoms. The lowest BCUT2D eigenvalue weighted by Gasteiger charge is -2.16. The van der Waals surface area contributed by atoms with Crippen molar-refractivity contribution in [1.29, 1.82) is 0 Å². The summed E-state index contributed by atoms with van der Waals surface area (Å²) >= 11 is 0. The highest BCUT2D eigenvalue weighted by atomic mass is 16.3. The van der Waals surface area contributed by atoms with Gasteiger partial charge in [-0.15, -0.1) is 0 Å². The summed E-state index contributed by atoms with van der Waals surface area (Å²) in [6, 6.07) is 4.11. The maximum absolute atomic E-state index is 13.0. The third kappa shape index (κ3) is 3.46. The number of ketones is 1. The lowest BCUT2D eigenvalue weighted by atomic mass is 10.0. The Balaban J connectivity index is 1.64. The van der Waals surface area contributed by atoms with Gasteiger partial charge in [0.2, 0.25) is 5.78 Å². The third-order valence-electron chi connectivity index (χ3n) is 4.75. The number of carbonyl (C=O) groups excluding carboxylic acids is 3. The molecule has 0 aliphatic rings. The van der Waals surface area contributed by atoms with Crippen molar-refractivity contribution in [3.8, 4) is 5.82 Å². The van der Waals surface area contributed by atoms with E-state index >= 15 is 0 Å². The molecule has 1 unspecified atom stereocenters. The van der Waals surface area contributed by atoms with Crippen LogP contribution in [0.3, 0.4) is 0 Å². The van der Waals surface area contributed by atoms with E-state index in [1.165, 1.54) is 18.7 Å². The van der Waals surface area contributed by atoms with Crippen LogP contribution < -0.4 is 11.1 Å². The average Bonchev–Trinajstić information content (AvgIpc) is 3.44. The SMILES string of the molecule is Cc1ncc(C(=O)NC(Cc2c[nH]c3cocc23)C(=O)C(N)=O)n1-c1ccccn1. The molecule has 0 bridgehead atoms. The number of pyridine rings is 1. The summed E-state index contributed by atoms with van der Waals surface area (Å²) in [6.07, 6.45) is 7.78. The number of Topliss-reactive ketones (excluding diaryl/α,β-unsaturated/α-hetero) is 1. The van der Waals surface area contributed by atoms with Gasteiger partial charge in [-0.2, -0.15) is 0 Å². The highest BCUT2D eigenvalue weighted by Crippen LogP contribution is 2.21. The van der Waals surface area contributed by atoms with Gasteiger partial charge in [-0.05, 0) is 24.6 Å². The minimum absolute atomic E-state index is 0.0593. The number of fused-ring (bicyclic) bond motifs is 1. The molecule has 0 spiro atoms. The standard InChI is InChI=1S/C20H18N6O4/c1-11-23-8-16(26(11)17-4-2-3-5-22-17)20(29)25-14(18(27)19(21)28)6-12-7-24-15-10-30-9-13(12)15/h2-5,7-10,14,24H,6H2,1H3,(H2,21,28)(H,25,29). The molecule has 1 atom stereocenters. The number of primary amides is 1. The topological polar surface area (TPSA) is 149 Å². The predicted octanol–water partition coefficient (Wildman–Crippen LogP) is 1.05. The largest absolute Gasteiger partial charge is 0.470 e. The number of nitrogens with one attached hydrogen (secondary N) is 2. The Morgan fingerprint density at radius 2 is 2.10 bits per heavy atom. The van der Waals surface area contributed by atoms with Gasteiger partial charge in [-0.1, -0.05) is 6.07 Å². The fraction of sp³-hybridized carbons (Fsp3) is 0.150. The molecule has 2 amide bonds. The van der Waals surface area contributed by atoms with E-state index in [4.69, 9.17) is 10.2 Å². The Labute approximate surface area is 170 Å². The van der Waals surface area contributed by atoms with E-state index in [-0.39, 0.29) is 12.1 Å². The lowest BCUT2D eigenvalue weighted by Crippen LogP contribution is -2.47. The molecule has 0 saturated carbocycles. The number of nitrogens with two attached hydrogens (primary N) is 1. The van der Waals surface area contributed by atoms with Crippen LogP contribution in [0.2, 0.25) is 0 Å². The van der Waals surface area contributed by atoms with E-state index in [0.29, 0.717) is 17.2 Å². The summed E-state index contributed by atoms with van der Waals surface area (Å²) in [5.74, 6) is -1.57. The van der Waals surface area contributed by atoms with Gasteiger partial charge in [0.15, 0.2) is 0 Å². The van der Waals surface area contributed by atoms with Crippen LogP contribution in [0.5, 0.6) is 0 Å². The number of imidazole rings is 1. The summed E-state index contributed by atoms with van der Waals surface area (Å²) in [7, 11) is 0. The number of nitrogens with zero attached hydrogens (tertiary/aromatic N) is 3. The zero-order valence-corrected chi connectivity index (χ0v) is 16.0. The first kappa shape index (κ1) is 19.1. The fourth-order valence-corrected chi connectivity index (χ4v) is 3.28. The Bertz CT molecular complexity index is 1240. The Morgan fingerprint density at radius 1 is 1.27 bits per heavy atom. The van der Waals surface area contributed by atoms with Crippen LogP contribution in [0.25, 0.3) is 16.7 Å². The van der Waals surface area contributed by atoms with Crippen LogP contribution in [-0.2, 0) is 16.0 Å². The van der Waals surface area contributed by atoms with Crippen LogP contribution in [-0.4, -0.2) is 43.2 Å². The number of amides is 2. The molecule has 0 aromatic carbocycles. The average molecular weight is 406 g/mol. The molecule has 0 radical (unpaired) electrons. The molecule has 152 valence electrons. The van der Waals surface area contributed by atoms with Gasteiger partial charge in [0.25, 0.3) is 11.8 Å². The van der Waals surface area contributed by atoms with Crippen LogP contribution in [0.15, 0.2) is 53.7 Å². The molecule has 0 saturated heterocycles. The summed E-state index contributed by atoms with van der Waals surface area (Å²) in [4.78, 5) is 48.4. The number of aromatic nitrogens is 4. The van der Waals surface area contributed by atoms with Gasteiger partial charge in [-0.3, -0.25) is 19.0 Å². The molecule has 30 heavy (non-hydrogen) atoms. The molecule has 4 aromatic rings. The van der Waals surface area contributed by atoms with Crippen molar-refractivity contribution in [2.45, 2.75) is 19.4 Å². The van der Waals surface area contributed by atoms with Crippen molar-refractivity contribution in [1.82, 2.24) is 24.8 Å². The summed E-state index contributed by atoms with van der Waals surface area (Å²) in [5.41, 5.74) is 6.82. The van der Waals surface area contributed by atoms with Crippen LogP contribution in [0.4, 0.5) is 0 Å². The number of H-pyrrole nitrogens is 1. The first-order valence-corrected chi connectivity index (χ1v) is 9.08. The molecule has 0 aliphatic heterocycles. The maximum Gasteiger partial charge on any atom is 0.287 e. The molecule has 4 heterocycles. The molecular weight excluding hydrogens is 388 g/mol. The van der Waals surface area contributed by atoms with E-state index in [1.54, 1.807) is 42.1 Å². The molecule has 0 aliphatic carbocycles. The van der Waals surface area contributed by atoms with Gasteiger partial charge in [0.1, 0.15) is 29.6 Å². The van der Waals surface area contributed by atoms with E-state index in [0.717, 1.165) is 10.9 Å². The smallest absolute Gasteiger partial charge is 0.287 e. The highest BCUT2D eigenvalue weighted by molar-refractivity contribution is 6.38. The van der Waals surface area contributed by atoms with Crippen LogP contribution >= 0.6 is 0 Å². The van der Waals surface area contributed by atoms with Crippen molar-refractivity contribution in [2.75, 3.05) is 0 Å². The Hall–Kier alpha value is -4.21. The van der Waals surface area contributed by atoms with Crippen molar-refractivity contribution in [2.24, 2.45) is 5.73 Å². The first-order valence-electron chi connectivity index (χ1n) is 9.08.